The number of aromatic nitrogens is 3. The number of nitrogens with two attached hydrogens (primary N) is 1. The number of halogens is 1. The highest BCUT2D eigenvalue weighted by Gasteiger charge is 2.17. The van der Waals surface area contributed by atoms with Crippen molar-refractivity contribution < 1.29 is 4.79 Å². The van der Waals surface area contributed by atoms with Gasteiger partial charge in [0.05, 0.1) is 13.1 Å². The maximum Gasteiger partial charge on any atom is 0.276 e. The highest BCUT2D eigenvalue weighted by Crippen LogP contribution is 2.18. The number of thiophene rings is 1. The molecular formula is C15H14ClN5OS. The first-order valence-corrected chi connectivity index (χ1v) is 8.14. The molecule has 3 N–H and O–H groups in total. The monoisotopic (exact) mass is 347 g/mol. The van der Waals surface area contributed by atoms with Gasteiger partial charge in [-0.3, -0.25) is 4.79 Å². The number of rotatable bonds is 5. The van der Waals surface area contributed by atoms with Crippen LogP contribution in [0, 0.1) is 0 Å². The normalized spacial score (nSPS) is 10.7. The van der Waals surface area contributed by atoms with Gasteiger partial charge in [0.2, 0.25) is 0 Å². The maximum absolute atomic E-state index is 12.2. The van der Waals surface area contributed by atoms with Gasteiger partial charge in [-0.05, 0) is 23.1 Å². The molecule has 0 bridgehead atoms. The molecule has 2 aromatic heterocycles. The predicted molar refractivity (Wildman–Crippen MR) is 90.5 cm³/mol. The van der Waals surface area contributed by atoms with Crippen molar-refractivity contribution in [2.75, 3.05) is 5.73 Å². The Balaban J connectivity index is 1.71. The van der Waals surface area contributed by atoms with Gasteiger partial charge in [0.25, 0.3) is 5.91 Å². The van der Waals surface area contributed by atoms with E-state index in [9.17, 15) is 4.79 Å². The van der Waals surface area contributed by atoms with Crippen LogP contribution in [0.3, 0.4) is 0 Å². The zero-order valence-corrected chi connectivity index (χ0v) is 13.6. The number of benzene rings is 1. The number of anilines is 1. The standard InChI is InChI=1S/C15H14ClN5OS/c16-12-6-2-1-4-10(12)9-21-14(17)13(19-20-21)15(22)18-8-11-5-3-7-23-11/h1-7H,8-9,17H2,(H,18,22). The van der Waals surface area contributed by atoms with Crippen molar-refractivity contribution >= 4 is 34.7 Å². The summed E-state index contributed by atoms with van der Waals surface area (Å²) in [5, 5.41) is 13.2. The third kappa shape index (κ3) is 3.52. The van der Waals surface area contributed by atoms with E-state index in [1.165, 1.54) is 4.68 Å². The third-order valence-corrected chi connectivity index (χ3v) is 4.51. The molecule has 0 aliphatic heterocycles. The Morgan fingerprint density at radius 1 is 1.30 bits per heavy atom. The summed E-state index contributed by atoms with van der Waals surface area (Å²) in [6.45, 7) is 0.796. The highest BCUT2D eigenvalue weighted by molar-refractivity contribution is 7.09. The molecule has 0 radical (unpaired) electrons. The first kappa shape index (κ1) is 15.5. The highest BCUT2D eigenvalue weighted by atomic mass is 35.5. The topological polar surface area (TPSA) is 85.8 Å². The second kappa shape index (κ2) is 6.80. The molecule has 0 saturated carbocycles. The summed E-state index contributed by atoms with van der Waals surface area (Å²) >= 11 is 7.69. The molecule has 23 heavy (non-hydrogen) atoms. The number of nitrogens with one attached hydrogen (secondary N) is 1. The van der Waals surface area contributed by atoms with Gasteiger partial charge in [-0.2, -0.15) is 0 Å². The van der Waals surface area contributed by atoms with Crippen LogP contribution in [-0.2, 0) is 13.1 Å². The molecule has 0 aliphatic rings. The molecule has 0 fully saturated rings. The Hall–Kier alpha value is -2.38. The fourth-order valence-corrected chi connectivity index (χ4v) is 2.89. The molecule has 0 spiro atoms. The van der Waals surface area contributed by atoms with Crippen LogP contribution in [0.15, 0.2) is 41.8 Å². The first-order valence-electron chi connectivity index (χ1n) is 6.88. The van der Waals surface area contributed by atoms with Crippen LogP contribution in [0.25, 0.3) is 0 Å². The first-order chi connectivity index (χ1) is 11.1. The minimum Gasteiger partial charge on any atom is -0.382 e. The van der Waals surface area contributed by atoms with E-state index >= 15 is 0 Å². The van der Waals surface area contributed by atoms with E-state index in [-0.39, 0.29) is 17.4 Å². The minimum atomic E-state index is -0.346. The fourth-order valence-electron chi connectivity index (χ4n) is 2.05. The summed E-state index contributed by atoms with van der Waals surface area (Å²) in [4.78, 5) is 13.2. The second-order valence-electron chi connectivity index (χ2n) is 4.83. The lowest BCUT2D eigenvalue weighted by molar-refractivity contribution is 0.0947. The molecule has 1 aromatic carbocycles. The smallest absolute Gasteiger partial charge is 0.276 e. The summed E-state index contributed by atoms with van der Waals surface area (Å²) < 4.78 is 1.46. The molecule has 0 atom stereocenters. The van der Waals surface area contributed by atoms with Gasteiger partial charge in [0, 0.05) is 9.90 Å². The molecular weight excluding hydrogens is 334 g/mol. The fraction of sp³-hybridized carbons (Fsp3) is 0.133. The largest absolute Gasteiger partial charge is 0.382 e. The molecule has 0 unspecified atom stereocenters. The van der Waals surface area contributed by atoms with E-state index in [2.05, 4.69) is 15.6 Å². The van der Waals surface area contributed by atoms with Gasteiger partial charge >= 0.3 is 0 Å². The van der Waals surface area contributed by atoms with Gasteiger partial charge in [-0.15, -0.1) is 16.4 Å². The Morgan fingerprint density at radius 2 is 2.13 bits per heavy atom. The summed E-state index contributed by atoms with van der Waals surface area (Å²) in [7, 11) is 0. The molecule has 3 rings (SSSR count). The van der Waals surface area contributed by atoms with E-state index in [4.69, 9.17) is 17.3 Å². The number of hydrogen-bond donors (Lipinski definition) is 2. The van der Waals surface area contributed by atoms with Crippen LogP contribution in [-0.4, -0.2) is 20.9 Å². The van der Waals surface area contributed by atoms with Crippen molar-refractivity contribution in [3.8, 4) is 0 Å². The number of nitrogen functional groups attached to an aromatic ring is 1. The van der Waals surface area contributed by atoms with Crippen LogP contribution in [0.1, 0.15) is 20.9 Å². The van der Waals surface area contributed by atoms with Crippen molar-refractivity contribution in [3.05, 3.63) is 62.9 Å². The van der Waals surface area contributed by atoms with Crippen molar-refractivity contribution in [1.82, 2.24) is 20.3 Å². The lowest BCUT2D eigenvalue weighted by Crippen LogP contribution is -2.24. The molecule has 8 heteroatoms. The van der Waals surface area contributed by atoms with Gasteiger partial charge < -0.3 is 11.1 Å². The summed E-state index contributed by atoms with van der Waals surface area (Å²) in [6, 6.07) is 11.3. The van der Waals surface area contributed by atoms with Crippen LogP contribution in [0.2, 0.25) is 5.02 Å². The van der Waals surface area contributed by atoms with Crippen molar-refractivity contribution in [2.45, 2.75) is 13.1 Å². The van der Waals surface area contributed by atoms with Gasteiger partial charge in [0.1, 0.15) is 0 Å². The van der Waals surface area contributed by atoms with Crippen LogP contribution in [0.4, 0.5) is 5.82 Å². The lowest BCUT2D eigenvalue weighted by Gasteiger charge is -2.06. The molecule has 1 amide bonds. The Bertz CT molecular complexity index is 815. The Kier molecular flexibility index (Phi) is 4.59. The van der Waals surface area contributed by atoms with E-state index in [1.54, 1.807) is 17.4 Å². The average molecular weight is 348 g/mol. The number of hydrogen-bond acceptors (Lipinski definition) is 5. The van der Waals surface area contributed by atoms with Crippen LogP contribution < -0.4 is 11.1 Å². The number of carbonyl (C=O) groups is 1. The number of nitrogens with zero attached hydrogens (tertiary/aromatic N) is 3. The zero-order valence-electron chi connectivity index (χ0n) is 12.1. The van der Waals surface area contributed by atoms with Gasteiger partial charge in [-0.1, -0.05) is 41.1 Å². The minimum absolute atomic E-state index is 0.119. The predicted octanol–water partition coefficient (Wildman–Crippen LogP) is 2.55. The molecule has 0 aliphatic carbocycles. The van der Waals surface area contributed by atoms with Gasteiger partial charge in [0.15, 0.2) is 11.5 Å². The van der Waals surface area contributed by atoms with E-state index < -0.39 is 0 Å². The van der Waals surface area contributed by atoms with E-state index in [1.807, 2.05) is 35.7 Å². The Labute approximate surface area is 141 Å². The van der Waals surface area contributed by atoms with Crippen LogP contribution >= 0.6 is 22.9 Å². The molecule has 118 valence electrons. The molecule has 0 saturated heterocycles. The quantitative estimate of drug-likeness (QED) is 0.742. The second-order valence-corrected chi connectivity index (χ2v) is 6.27. The van der Waals surface area contributed by atoms with Crippen molar-refractivity contribution in [1.29, 1.82) is 0 Å². The van der Waals surface area contributed by atoms with Crippen molar-refractivity contribution in [3.63, 3.8) is 0 Å². The number of amides is 1. The van der Waals surface area contributed by atoms with Crippen molar-refractivity contribution in [2.24, 2.45) is 0 Å². The third-order valence-electron chi connectivity index (χ3n) is 3.27. The molecule has 3 aromatic rings. The van der Waals surface area contributed by atoms with Gasteiger partial charge in [-0.25, -0.2) is 4.68 Å². The maximum atomic E-state index is 12.2. The lowest BCUT2D eigenvalue weighted by atomic mass is 10.2. The molecule has 2 heterocycles. The summed E-state index contributed by atoms with van der Waals surface area (Å²) in [5.41, 5.74) is 6.96. The average Bonchev–Trinajstić information content (AvgIpc) is 3.18. The summed E-state index contributed by atoms with van der Waals surface area (Å²) in [6.07, 6.45) is 0. The Morgan fingerprint density at radius 3 is 2.87 bits per heavy atom. The SMILES string of the molecule is Nc1c(C(=O)NCc2cccs2)nnn1Cc1ccccc1Cl. The van der Waals surface area contributed by atoms with E-state index in [0.717, 1.165) is 10.4 Å². The number of carbonyl (C=O) groups excluding carboxylic acids is 1. The summed E-state index contributed by atoms with van der Waals surface area (Å²) in [5.74, 6) is -0.130. The zero-order chi connectivity index (χ0) is 16.2. The van der Waals surface area contributed by atoms with E-state index in [0.29, 0.717) is 18.1 Å². The van der Waals surface area contributed by atoms with Crippen LogP contribution in [0.5, 0.6) is 0 Å². The molecule has 6 nitrogen and oxygen atoms in total.